The van der Waals surface area contributed by atoms with Crippen molar-refractivity contribution >= 4 is 15.5 Å². The van der Waals surface area contributed by atoms with Crippen LogP contribution in [0.1, 0.15) is 6.92 Å². The van der Waals surface area contributed by atoms with Crippen molar-refractivity contribution in [2.24, 2.45) is 0 Å². The lowest BCUT2D eigenvalue weighted by atomic mass is 10.2. The molecule has 0 radical (unpaired) electrons. The molecule has 0 aliphatic carbocycles. The Kier molecular flexibility index (Phi) is 3.59. The van der Waals surface area contributed by atoms with Gasteiger partial charge in [0.05, 0.1) is 10.6 Å². The van der Waals surface area contributed by atoms with Gasteiger partial charge in [-0.2, -0.15) is 0 Å². The molecule has 2 rings (SSSR count). The Balaban J connectivity index is 2.44. The summed E-state index contributed by atoms with van der Waals surface area (Å²) >= 11 is 0. The first-order valence-corrected chi connectivity index (χ1v) is 7.75. The minimum absolute atomic E-state index is 0.0663. The fraction of sp³-hybridized carbons (Fsp3) is 0.500. The number of nitrogens with zero attached hydrogens (tertiary/aromatic N) is 1. The van der Waals surface area contributed by atoms with Gasteiger partial charge in [-0.1, -0.05) is 0 Å². The third-order valence-corrected chi connectivity index (χ3v) is 4.16. The molecular weight excluding hydrogens is 255 g/mol. The Morgan fingerprint density at radius 3 is 2.78 bits per heavy atom. The van der Waals surface area contributed by atoms with E-state index in [0.29, 0.717) is 12.2 Å². The summed E-state index contributed by atoms with van der Waals surface area (Å²) in [5.41, 5.74) is 0.590. The molecule has 0 bridgehead atoms. The zero-order valence-electron chi connectivity index (χ0n) is 10.5. The van der Waals surface area contributed by atoms with Gasteiger partial charge in [0.15, 0.2) is 9.84 Å². The van der Waals surface area contributed by atoms with Crippen LogP contribution in [-0.2, 0) is 9.84 Å². The lowest BCUT2D eigenvalue weighted by Gasteiger charge is -2.34. The summed E-state index contributed by atoms with van der Waals surface area (Å²) in [6.07, 6.45) is 1.11. The van der Waals surface area contributed by atoms with Crippen molar-refractivity contribution in [1.82, 2.24) is 5.32 Å². The number of piperazine rings is 1. The molecule has 1 aromatic rings. The maximum Gasteiger partial charge on any atom is 0.177 e. The second-order valence-corrected chi connectivity index (χ2v) is 6.67. The number of halogens is 1. The summed E-state index contributed by atoms with van der Waals surface area (Å²) in [4.78, 5) is 2.05. The highest BCUT2D eigenvalue weighted by Crippen LogP contribution is 2.27. The Bertz CT molecular complexity index is 545. The second-order valence-electron chi connectivity index (χ2n) is 4.69. The standard InChI is InChI=1S/C12H17FN2O2S/c1-9-8-15(6-5-14-9)11-4-3-10(13)7-12(11)18(2,16)17/h3-4,7,9,14H,5-6,8H2,1-2H3/t9-/m0/s1. The molecule has 1 aliphatic heterocycles. The molecule has 0 unspecified atom stereocenters. The van der Waals surface area contributed by atoms with Gasteiger partial charge in [-0.25, -0.2) is 12.8 Å². The largest absolute Gasteiger partial charge is 0.368 e. The van der Waals surface area contributed by atoms with Crippen LogP contribution in [0.15, 0.2) is 23.1 Å². The summed E-state index contributed by atoms with van der Waals surface area (Å²) in [5.74, 6) is -0.526. The average Bonchev–Trinajstić information content (AvgIpc) is 2.27. The molecule has 1 N–H and O–H groups in total. The molecule has 0 aromatic heterocycles. The Hall–Kier alpha value is -1.14. The summed E-state index contributed by atoms with van der Waals surface area (Å²) in [6, 6.07) is 4.23. The summed E-state index contributed by atoms with van der Waals surface area (Å²) in [7, 11) is -3.42. The minimum atomic E-state index is -3.42. The van der Waals surface area contributed by atoms with Crippen LogP contribution in [0.25, 0.3) is 0 Å². The van der Waals surface area contributed by atoms with Crippen molar-refractivity contribution < 1.29 is 12.8 Å². The third-order valence-electron chi connectivity index (χ3n) is 3.03. The predicted molar refractivity (Wildman–Crippen MR) is 69.2 cm³/mol. The number of benzene rings is 1. The molecule has 1 saturated heterocycles. The molecule has 4 nitrogen and oxygen atoms in total. The monoisotopic (exact) mass is 272 g/mol. The molecule has 1 atom stereocenters. The van der Waals surface area contributed by atoms with Crippen LogP contribution in [0.5, 0.6) is 0 Å². The number of anilines is 1. The maximum absolute atomic E-state index is 13.2. The first kappa shape index (κ1) is 13.3. The van der Waals surface area contributed by atoms with Gasteiger partial charge in [-0.15, -0.1) is 0 Å². The average molecular weight is 272 g/mol. The summed E-state index contributed by atoms with van der Waals surface area (Å²) < 4.78 is 36.7. The molecule has 1 heterocycles. The number of sulfone groups is 1. The van der Waals surface area contributed by atoms with Gasteiger partial charge >= 0.3 is 0 Å². The topological polar surface area (TPSA) is 49.4 Å². The molecule has 0 amide bonds. The Morgan fingerprint density at radius 1 is 1.44 bits per heavy atom. The van der Waals surface area contributed by atoms with Crippen LogP contribution >= 0.6 is 0 Å². The van der Waals surface area contributed by atoms with E-state index in [1.165, 1.54) is 6.07 Å². The van der Waals surface area contributed by atoms with Gasteiger partial charge in [0.2, 0.25) is 0 Å². The van der Waals surface area contributed by atoms with Crippen molar-refractivity contribution in [2.45, 2.75) is 17.9 Å². The number of hydrogen-bond donors (Lipinski definition) is 1. The molecule has 1 aromatic carbocycles. The lowest BCUT2D eigenvalue weighted by Crippen LogP contribution is -2.49. The molecular formula is C12H17FN2O2S. The van der Waals surface area contributed by atoms with Crippen LogP contribution in [0.2, 0.25) is 0 Å². The first-order valence-electron chi connectivity index (χ1n) is 5.86. The van der Waals surface area contributed by atoms with Crippen molar-refractivity contribution in [1.29, 1.82) is 0 Å². The number of nitrogens with one attached hydrogen (secondary N) is 1. The van der Waals surface area contributed by atoms with Crippen LogP contribution in [0.4, 0.5) is 10.1 Å². The van der Waals surface area contributed by atoms with E-state index < -0.39 is 15.7 Å². The maximum atomic E-state index is 13.2. The van der Waals surface area contributed by atoms with E-state index in [1.807, 2.05) is 11.8 Å². The molecule has 18 heavy (non-hydrogen) atoms. The van der Waals surface area contributed by atoms with Crippen LogP contribution in [0, 0.1) is 5.82 Å². The fourth-order valence-corrected chi connectivity index (χ4v) is 3.10. The first-order chi connectivity index (χ1) is 8.38. The zero-order valence-corrected chi connectivity index (χ0v) is 11.3. The number of rotatable bonds is 2. The quantitative estimate of drug-likeness (QED) is 0.873. The highest BCUT2D eigenvalue weighted by Gasteiger charge is 2.22. The second kappa shape index (κ2) is 4.85. The molecule has 1 aliphatic rings. The van der Waals surface area contributed by atoms with Gasteiger partial charge in [-0.05, 0) is 25.1 Å². The van der Waals surface area contributed by atoms with Crippen LogP contribution in [0.3, 0.4) is 0 Å². The van der Waals surface area contributed by atoms with E-state index in [0.717, 1.165) is 25.4 Å². The van der Waals surface area contributed by atoms with Gasteiger partial charge in [0, 0.05) is 31.9 Å². The summed E-state index contributed by atoms with van der Waals surface area (Å²) in [5, 5.41) is 3.29. The van der Waals surface area contributed by atoms with Crippen molar-refractivity contribution in [3.63, 3.8) is 0 Å². The van der Waals surface area contributed by atoms with Crippen molar-refractivity contribution in [3.8, 4) is 0 Å². The van der Waals surface area contributed by atoms with Crippen LogP contribution in [-0.4, -0.2) is 40.3 Å². The van der Waals surface area contributed by atoms with E-state index >= 15 is 0 Å². The van der Waals surface area contributed by atoms with Crippen molar-refractivity contribution in [2.75, 3.05) is 30.8 Å². The highest BCUT2D eigenvalue weighted by atomic mass is 32.2. The Labute approximate surface area is 107 Å². The van der Waals surface area contributed by atoms with Gasteiger partial charge < -0.3 is 10.2 Å². The normalized spacial score (nSPS) is 21.1. The third kappa shape index (κ3) is 2.81. The minimum Gasteiger partial charge on any atom is -0.368 e. The molecule has 6 heteroatoms. The molecule has 1 fully saturated rings. The molecule has 0 saturated carbocycles. The van der Waals surface area contributed by atoms with Crippen LogP contribution < -0.4 is 10.2 Å². The van der Waals surface area contributed by atoms with Crippen molar-refractivity contribution in [3.05, 3.63) is 24.0 Å². The fourth-order valence-electron chi connectivity index (χ4n) is 2.20. The molecule has 100 valence electrons. The number of hydrogen-bond acceptors (Lipinski definition) is 4. The predicted octanol–water partition coefficient (Wildman–Crippen LogP) is 1.03. The molecule has 0 spiro atoms. The van der Waals surface area contributed by atoms with E-state index in [2.05, 4.69) is 5.32 Å². The lowest BCUT2D eigenvalue weighted by molar-refractivity contribution is 0.482. The zero-order chi connectivity index (χ0) is 13.3. The summed E-state index contributed by atoms with van der Waals surface area (Å²) in [6.45, 7) is 4.27. The van der Waals surface area contributed by atoms with Gasteiger partial charge in [-0.3, -0.25) is 0 Å². The Morgan fingerprint density at radius 2 is 2.17 bits per heavy atom. The van der Waals surface area contributed by atoms with Gasteiger partial charge in [0.25, 0.3) is 0 Å². The highest BCUT2D eigenvalue weighted by molar-refractivity contribution is 7.90. The van der Waals surface area contributed by atoms with E-state index in [-0.39, 0.29) is 10.9 Å². The smallest absolute Gasteiger partial charge is 0.177 e. The van der Waals surface area contributed by atoms with E-state index in [9.17, 15) is 12.8 Å². The van der Waals surface area contributed by atoms with Gasteiger partial charge in [0.1, 0.15) is 5.82 Å². The van der Waals surface area contributed by atoms with E-state index in [4.69, 9.17) is 0 Å². The SMILES string of the molecule is C[C@H]1CN(c2ccc(F)cc2S(C)(=O)=O)CCN1. The van der Waals surface area contributed by atoms with E-state index in [1.54, 1.807) is 6.07 Å².